The van der Waals surface area contributed by atoms with Crippen molar-refractivity contribution in [3.63, 3.8) is 0 Å². The Labute approximate surface area is 87.4 Å². The van der Waals surface area contributed by atoms with Crippen molar-refractivity contribution in [2.45, 2.75) is 39.2 Å². The zero-order valence-electron chi connectivity index (χ0n) is 9.46. The molecule has 1 N–H and O–H groups in total. The van der Waals surface area contributed by atoms with Crippen LogP contribution >= 0.6 is 0 Å². The van der Waals surface area contributed by atoms with E-state index in [1.165, 1.54) is 19.3 Å². The van der Waals surface area contributed by atoms with Gasteiger partial charge in [-0.3, -0.25) is 0 Å². The van der Waals surface area contributed by atoms with Crippen LogP contribution in [0.4, 0.5) is 0 Å². The highest BCUT2D eigenvalue weighted by Gasteiger charge is 2.42. The summed E-state index contributed by atoms with van der Waals surface area (Å²) in [4.78, 5) is 0. The quantitative estimate of drug-likeness (QED) is 0.744. The van der Waals surface area contributed by atoms with Crippen LogP contribution in [0, 0.1) is 17.8 Å². The molecule has 3 unspecified atom stereocenters. The van der Waals surface area contributed by atoms with Gasteiger partial charge in [0.15, 0.2) is 0 Å². The van der Waals surface area contributed by atoms with Crippen molar-refractivity contribution in [2.24, 2.45) is 17.8 Å². The fourth-order valence-corrected chi connectivity index (χ4v) is 2.83. The van der Waals surface area contributed by atoms with E-state index in [2.05, 4.69) is 19.2 Å². The average molecular weight is 197 g/mol. The molecule has 1 saturated heterocycles. The monoisotopic (exact) mass is 197 g/mol. The van der Waals surface area contributed by atoms with Crippen molar-refractivity contribution in [3.8, 4) is 0 Å². The number of hydrogen-bond acceptors (Lipinski definition) is 2. The zero-order chi connectivity index (χ0) is 9.97. The number of ether oxygens (including phenoxy) is 1. The molecule has 82 valence electrons. The van der Waals surface area contributed by atoms with Crippen LogP contribution in [0.25, 0.3) is 0 Å². The standard InChI is InChI=1S/C12H23NO/c1-3-13-12(11-8-9(11)2)10-4-6-14-7-5-10/h9-13H,3-8H2,1-2H3. The van der Waals surface area contributed by atoms with Gasteiger partial charge in [0.25, 0.3) is 0 Å². The van der Waals surface area contributed by atoms with Crippen LogP contribution in [0.1, 0.15) is 33.1 Å². The largest absolute Gasteiger partial charge is 0.381 e. The fraction of sp³-hybridized carbons (Fsp3) is 1.00. The lowest BCUT2D eigenvalue weighted by molar-refractivity contribution is 0.0503. The lowest BCUT2D eigenvalue weighted by atomic mass is 9.88. The second-order valence-corrected chi connectivity index (χ2v) is 4.91. The first-order valence-electron chi connectivity index (χ1n) is 6.14. The summed E-state index contributed by atoms with van der Waals surface area (Å²) in [5, 5.41) is 3.69. The van der Waals surface area contributed by atoms with E-state index in [4.69, 9.17) is 4.74 Å². The van der Waals surface area contributed by atoms with Crippen molar-refractivity contribution >= 4 is 0 Å². The first-order chi connectivity index (χ1) is 6.83. The summed E-state index contributed by atoms with van der Waals surface area (Å²) in [6.45, 7) is 7.68. The van der Waals surface area contributed by atoms with Gasteiger partial charge in [0.2, 0.25) is 0 Å². The summed E-state index contributed by atoms with van der Waals surface area (Å²) < 4.78 is 5.43. The summed E-state index contributed by atoms with van der Waals surface area (Å²) in [5.41, 5.74) is 0. The Hall–Kier alpha value is -0.0800. The Bertz CT molecular complexity index is 177. The summed E-state index contributed by atoms with van der Waals surface area (Å²) in [6.07, 6.45) is 3.97. The minimum atomic E-state index is 0.777. The molecule has 0 spiro atoms. The minimum Gasteiger partial charge on any atom is -0.381 e. The summed E-state index contributed by atoms with van der Waals surface area (Å²) in [7, 11) is 0. The van der Waals surface area contributed by atoms with E-state index in [0.29, 0.717) is 0 Å². The molecule has 1 heterocycles. The minimum absolute atomic E-state index is 0.777. The molecule has 14 heavy (non-hydrogen) atoms. The van der Waals surface area contributed by atoms with E-state index in [1.807, 2.05) is 0 Å². The molecule has 3 atom stereocenters. The van der Waals surface area contributed by atoms with E-state index < -0.39 is 0 Å². The van der Waals surface area contributed by atoms with Crippen LogP contribution in [-0.4, -0.2) is 25.8 Å². The molecule has 0 aromatic heterocycles. The third-order valence-corrected chi connectivity index (χ3v) is 3.85. The van der Waals surface area contributed by atoms with Crippen LogP contribution in [0.15, 0.2) is 0 Å². The number of hydrogen-bond donors (Lipinski definition) is 1. The molecule has 2 rings (SSSR count). The molecular formula is C12H23NO. The smallest absolute Gasteiger partial charge is 0.0469 e. The first-order valence-corrected chi connectivity index (χ1v) is 6.14. The van der Waals surface area contributed by atoms with Gasteiger partial charge in [0, 0.05) is 19.3 Å². The van der Waals surface area contributed by atoms with Gasteiger partial charge < -0.3 is 10.1 Å². The molecule has 2 aliphatic rings. The van der Waals surface area contributed by atoms with Crippen LogP contribution in [0.5, 0.6) is 0 Å². The van der Waals surface area contributed by atoms with Gasteiger partial charge in [0.05, 0.1) is 0 Å². The van der Waals surface area contributed by atoms with Gasteiger partial charge in [-0.05, 0) is 43.6 Å². The second kappa shape index (κ2) is 4.63. The molecule has 0 bridgehead atoms. The number of nitrogens with one attached hydrogen (secondary N) is 1. The Morgan fingerprint density at radius 2 is 2.00 bits per heavy atom. The van der Waals surface area contributed by atoms with Crippen molar-refractivity contribution in [3.05, 3.63) is 0 Å². The Morgan fingerprint density at radius 3 is 2.50 bits per heavy atom. The molecule has 2 nitrogen and oxygen atoms in total. The van der Waals surface area contributed by atoms with Gasteiger partial charge in [0.1, 0.15) is 0 Å². The van der Waals surface area contributed by atoms with Gasteiger partial charge in [-0.1, -0.05) is 13.8 Å². The molecule has 2 heteroatoms. The molecule has 1 aliphatic heterocycles. The van der Waals surface area contributed by atoms with Gasteiger partial charge in [-0.25, -0.2) is 0 Å². The molecule has 0 aromatic carbocycles. The highest BCUT2D eigenvalue weighted by atomic mass is 16.5. The SMILES string of the molecule is CCNC(C1CCOCC1)C1CC1C. The summed E-state index contributed by atoms with van der Waals surface area (Å²) in [6, 6.07) is 0.777. The molecule has 1 saturated carbocycles. The molecule has 0 amide bonds. The van der Waals surface area contributed by atoms with E-state index in [0.717, 1.165) is 43.6 Å². The maximum Gasteiger partial charge on any atom is 0.0469 e. The van der Waals surface area contributed by atoms with Crippen LogP contribution in [0.3, 0.4) is 0 Å². The topological polar surface area (TPSA) is 21.3 Å². The Morgan fingerprint density at radius 1 is 1.36 bits per heavy atom. The van der Waals surface area contributed by atoms with E-state index in [1.54, 1.807) is 0 Å². The van der Waals surface area contributed by atoms with Crippen molar-refractivity contribution in [1.82, 2.24) is 5.32 Å². The summed E-state index contributed by atoms with van der Waals surface area (Å²) in [5.74, 6) is 2.79. The molecule has 1 aliphatic carbocycles. The highest BCUT2D eigenvalue weighted by molar-refractivity contribution is 4.95. The maximum absolute atomic E-state index is 5.43. The van der Waals surface area contributed by atoms with E-state index in [9.17, 15) is 0 Å². The van der Waals surface area contributed by atoms with Crippen molar-refractivity contribution in [1.29, 1.82) is 0 Å². The third kappa shape index (κ3) is 2.29. The van der Waals surface area contributed by atoms with Crippen molar-refractivity contribution in [2.75, 3.05) is 19.8 Å². The van der Waals surface area contributed by atoms with Crippen molar-refractivity contribution < 1.29 is 4.74 Å². The zero-order valence-corrected chi connectivity index (χ0v) is 9.46. The average Bonchev–Trinajstić information content (AvgIpc) is 2.93. The lowest BCUT2D eigenvalue weighted by Crippen LogP contribution is -2.41. The second-order valence-electron chi connectivity index (χ2n) is 4.91. The van der Waals surface area contributed by atoms with E-state index in [-0.39, 0.29) is 0 Å². The van der Waals surface area contributed by atoms with Gasteiger partial charge >= 0.3 is 0 Å². The normalized spacial score (nSPS) is 35.6. The predicted octanol–water partition coefficient (Wildman–Crippen LogP) is 2.05. The van der Waals surface area contributed by atoms with Crippen LogP contribution in [0.2, 0.25) is 0 Å². The predicted molar refractivity (Wildman–Crippen MR) is 58.3 cm³/mol. The molecule has 0 aromatic rings. The molecular weight excluding hydrogens is 174 g/mol. The fourth-order valence-electron chi connectivity index (χ4n) is 2.83. The lowest BCUT2D eigenvalue weighted by Gasteiger charge is -2.31. The molecule has 2 fully saturated rings. The first kappa shape index (κ1) is 10.4. The third-order valence-electron chi connectivity index (χ3n) is 3.85. The summed E-state index contributed by atoms with van der Waals surface area (Å²) >= 11 is 0. The van der Waals surface area contributed by atoms with Gasteiger partial charge in [-0.2, -0.15) is 0 Å². The van der Waals surface area contributed by atoms with Gasteiger partial charge in [-0.15, -0.1) is 0 Å². The van der Waals surface area contributed by atoms with Crippen LogP contribution < -0.4 is 5.32 Å². The molecule has 0 radical (unpaired) electrons. The van der Waals surface area contributed by atoms with E-state index >= 15 is 0 Å². The van der Waals surface area contributed by atoms with Crippen LogP contribution in [-0.2, 0) is 4.74 Å². The Balaban J connectivity index is 1.88. The Kier molecular flexibility index (Phi) is 3.45. The maximum atomic E-state index is 5.43. The number of rotatable bonds is 4. The highest BCUT2D eigenvalue weighted by Crippen LogP contribution is 2.44.